The van der Waals surface area contributed by atoms with E-state index in [0.29, 0.717) is 0 Å². The average molecular weight is 375 g/mol. The molecule has 2 aromatic carbocycles. The molecule has 0 heterocycles. The number of ether oxygens (including phenoxy) is 1. The molecule has 2 aromatic rings. The van der Waals surface area contributed by atoms with Crippen LogP contribution < -0.4 is 4.74 Å². The summed E-state index contributed by atoms with van der Waals surface area (Å²) in [5.41, 5.74) is -1.11. The smallest absolute Gasteiger partial charge is 0.478 e. The van der Waals surface area contributed by atoms with E-state index < -0.39 is 29.6 Å². The molecule has 0 aromatic heterocycles. The topological polar surface area (TPSA) is 83.8 Å². The molecule has 0 unspecified atom stereocenters. The molecule has 0 spiro atoms. The predicted molar refractivity (Wildman–Crippen MR) is 82.2 cm³/mol. The van der Waals surface area contributed by atoms with E-state index in [1.54, 1.807) is 0 Å². The molecule has 2 rings (SSSR count). The molecule has 0 aliphatic heterocycles. The molecular formula is C16H10ClF3O5. The van der Waals surface area contributed by atoms with Gasteiger partial charge in [-0.15, -0.1) is 13.2 Å². The van der Waals surface area contributed by atoms with Crippen LogP contribution in [0.3, 0.4) is 0 Å². The van der Waals surface area contributed by atoms with Crippen LogP contribution in [0.25, 0.3) is 11.1 Å². The van der Waals surface area contributed by atoms with E-state index >= 15 is 0 Å². The SMILES string of the molecule is Cc1cc(-c2c(Cl)cccc2OC(F)(F)F)c(C(=O)O)cc1C(=O)O. The van der Waals surface area contributed by atoms with Gasteiger partial charge in [-0.1, -0.05) is 17.7 Å². The number of benzene rings is 2. The van der Waals surface area contributed by atoms with Crippen molar-refractivity contribution in [1.82, 2.24) is 0 Å². The molecule has 0 saturated heterocycles. The van der Waals surface area contributed by atoms with E-state index in [1.165, 1.54) is 19.1 Å². The van der Waals surface area contributed by atoms with Crippen molar-refractivity contribution in [3.63, 3.8) is 0 Å². The first-order chi connectivity index (χ1) is 11.5. The van der Waals surface area contributed by atoms with Crippen LogP contribution in [-0.4, -0.2) is 28.5 Å². The molecule has 0 atom stereocenters. The van der Waals surface area contributed by atoms with Crippen molar-refractivity contribution >= 4 is 23.5 Å². The van der Waals surface area contributed by atoms with Crippen molar-refractivity contribution in [2.45, 2.75) is 13.3 Å². The van der Waals surface area contributed by atoms with Gasteiger partial charge in [0.2, 0.25) is 0 Å². The van der Waals surface area contributed by atoms with Crippen molar-refractivity contribution in [2.24, 2.45) is 0 Å². The zero-order chi connectivity index (χ0) is 18.9. The van der Waals surface area contributed by atoms with Crippen LogP contribution in [-0.2, 0) is 0 Å². The van der Waals surface area contributed by atoms with Crippen LogP contribution >= 0.6 is 11.6 Å². The van der Waals surface area contributed by atoms with Crippen molar-refractivity contribution in [3.05, 3.63) is 52.0 Å². The van der Waals surface area contributed by atoms with Gasteiger partial charge in [-0.25, -0.2) is 9.59 Å². The number of carbonyl (C=O) groups is 2. The fourth-order valence-electron chi connectivity index (χ4n) is 2.30. The van der Waals surface area contributed by atoms with Gasteiger partial charge in [0.15, 0.2) is 0 Å². The Morgan fingerprint density at radius 3 is 2.20 bits per heavy atom. The second-order valence-corrected chi connectivity index (χ2v) is 5.39. The number of carboxylic acids is 2. The Labute approximate surface area is 144 Å². The summed E-state index contributed by atoms with van der Waals surface area (Å²) in [5, 5.41) is 18.3. The van der Waals surface area contributed by atoms with Gasteiger partial charge in [-0.2, -0.15) is 0 Å². The van der Waals surface area contributed by atoms with Gasteiger partial charge in [-0.05, 0) is 36.8 Å². The third-order valence-electron chi connectivity index (χ3n) is 3.30. The standard InChI is InChI=1S/C16H10ClF3O5/c1-7-5-9(10(15(23)24)6-8(7)14(21)22)13-11(17)3-2-4-12(13)25-16(18,19)20/h2-6H,1H3,(H,21,22)(H,23,24). The van der Waals surface area contributed by atoms with E-state index in [0.717, 1.165) is 18.2 Å². The van der Waals surface area contributed by atoms with Crippen LogP contribution in [0.2, 0.25) is 5.02 Å². The van der Waals surface area contributed by atoms with Crippen LogP contribution in [0, 0.1) is 6.92 Å². The van der Waals surface area contributed by atoms with Gasteiger partial charge in [0, 0.05) is 11.1 Å². The number of rotatable bonds is 4. The molecule has 5 nitrogen and oxygen atoms in total. The van der Waals surface area contributed by atoms with Crippen LogP contribution in [0.1, 0.15) is 26.3 Å². The van der Waals surface area contributed by atoms with Crippen molar-refractivity contribution in [2.75, 3.05) is 0 Å². The second-order valence-electron chi connectivity index (χ2n) is 4.98. The Bertz CT molecular complexity index is 862. The fraction of sp³-hybridized carbons (Fsp3) is 0.125. The first-order valence-electron chi connectivity index (χ1n) is 6.67. The van der Waals surface area contributed by atoms with E-state index in [4.69, 9.17) is 16.7 Å². The molecule has 9 heteroatoms. The lowest BCUT2D eigenvalue weighted by molar-refractivity contribution is -0.274. The lowest BCUT2D eigenvalue weighted by atomic mass is 9.93. The van der Waals surface area contributed by atoms with E-state index in [9.17, 15) is 27.9 Å². The molecule has 0 fully saturated rings. The number of aryl methyl sites for hydroxylation is 1. The first-order valence-corrected chi connectivity index (χ1v) is 7.05. The summed E-state index contributed by atoms with van der Waals surface area (Å²) in [6, 6.07) is 5.49. The third-order valence-corrected chi connectivity index (χ3v) is 3.61. The third kappa shape index (κ3) is 4.03. The quantitative estimate of drug-likeness (QED) is 0.816. The molecule has 0 amide bonds. The van der Waals surface area contributed by atoms with Crippen LogP contribution in [0.15, 0.2) is 30.3 Å². The molecule has 132 valence electrons. The monoisotopic (exact) mass is 374 g/mol. The van der Waals surface area contributed by atoms with Crippen LogP contribution in [0.5, 0.6) is 5.75 Å². The molecule has 2 N–H and O–H groups in total. The second kappa shape index (κ2) is 6.64. The highest BCUT2D eigenvalue weighted by Gasteiger charge is 2.33. The Morgan fingerprint density at radius 2 is 1.68 bits per heavy atom. The summed E-state index contributed by atoms with van der Waals surface area (Å²) in [5.74, 6) is -3.57. The number of halogens is 4. The van der Waals surface area contributed by atoms with Gasteiger partial charge >= 0.3 is 18.3 Å². The molecule has 0 radical (unpaired) electrons. The fourth-order valence-corrected chi connectivity index (χ4v) is 2.57. The van der Waals surface area contributed by atoms with E-state index in [-0.39, 0.29) is 27.3 Å². The van der Waals surface area contributed by atoms with Gasteiger partial charge in [0.05, 0.1) is 16.1 Å². The minimum atomic E-state index is -5.02. The molecule has 0 saturated carbocycles. The van der Waals surface area contributed by atoms with Gasteiger partial charge in [0.25, 0.3) is 0 Å². The first kappa shape index (κ1) is 18.6. The minimum Gasteiger partial charge on any atom is -0.478 e. The Kier molecular flexibility index (Phi) is 4.94. The summed E-state index contributed by atoms with van der Waals surface area (Å²) in [7, 11) is 0. The zero-order valence-electron chi connectivity index (χ0n) is 12.5. The lowest BCUT2D eigenvalue weighted by Gasteiger charge is -2.17. The highest BCUT2D eigenvalue weighted by Crippen LogP contribution is 2.41. The number of carboxylic acid groups (broad SMARTS) is 2. The largest absolute Gasteiger partial charge is 0.573 e. The lowest BCUT2D eigenvalue weighted by Crippen LogP contribution is -2.18. The summed E-state index contributed by atoms with van der Waals surface area (Å²) in [6.07, 6.45) is -5.02. The van der Waals surface area contributed by atoms with Crippen molar-refractivity contribution in [3.8, 4) is 16.9 Å². The molecule has 0 aliphatic carbocycles. The maximum absolute atomic E-state index is 12.6. The zero-order valence-corrected chi connectivity index (χ0v) is 13.3. The Hall–Kier alpha value is -2.74. The van der Waals surface area contributed by atoms with Gasteiger partial charge in [-0.3, -0.25) is 0 Å². The highest BCUT2D eigenvalue weighted by molar-refractivity contribution is 6.34. The van der Waals surface area contributed by atoms with E-state index in [1.807, 2.05) is 0 Å². The van der Waals surface area contributed by atoms with Crippen molar-refractivity contribution in [1.29, 1.82) is 0 Å². The molecule has 25 heavy (non-hydrogen) atoms. The summed E-state index contributed by atoms with van der Waals surface area (Å²) >= 11 is 5.97. The molecular weight excluding hydrogens is 365 g/mol. The number of aromatic carboxylic acids is 2. The van der Waals surface area contributed by atoms with Gasteiger partial charge < -0.3 is 14.9 Å². The Balaban J connectivity index is 2.80. The average Bonchev–Trinajstić information content (AvgIpc) is 2.44. The van der Waals surface area contributed by atoms with Crippen LogP contribution in [0.4, 0.5) is 13.2 Å². The molecule has 0 bridgehead atoms. The highest BCUT2D eigenvalue weighted by atomic mass is 35.5. The normalized spacial score (nSPS) is 11.2. The number of alkyl halides is 3. The number of hydrogen-bond donors (Lipinski definition) is 2. The maximum atomic E-state index is 12.6. The summed E-state index contributed by atoms with van der Waals surface area (Å²) in [6.45, 7) is 1.39. The summed E-state index contributed by atoms with van der Waals surface area (Å²) in [4.78, 5) is 22.7. The van der Waals surface area contributed by atoms with Gasteiger partial charge in [0.1, 0.15) is 5.75 Å². The maximum Gasteiger partial charge on any atom is 0.573 e. The molecule has 0 aliphatic rings. The predicted octanol–water partition coefficient (Wildman–Crippen LogP) is 4.61. The summed E-state index contributed by atoms with van der Waals surface area (Å²) < 4.78 is 41.8. The number of hydrogen-bond acceptors (Lipinski definition) is 3. The van der Waals surface area contributed by atoms with E-state index in [2.05, 4.69) is 4.74 Å². The minimum absolute atomic E-state index is 0.158. The Morgan fingerprint density at radius 1 is 1.08 bits per heavy atom. The van der Waals surface area contributed by atoms with Crippen molar-refractivity contribution < 1.29 is 37.7 Å².